The summed E-state index contributed by atoms with van der Waals surface area (Å²) in [6, 6.07) is 0. The molecule has 0 saturated heterocycles. The molecule has 2 aliphatic carbocycles. The van der Waals surface area contributed by atoms with E-state index in [-0.39, 0.29) is 24.2 Å². The fourth-order valence-electron chi connectivity index (χ4n) is 2.08. The van der Waals surface area contributed by atoms with Crippen molar-refractivity contribution in [3.63, 3.8) is 0 Å². The van der Waals surface area contributed by atoms with Crippen molar-refractivity contribution in [2.45, 2.75) is 79.3 Å². The van der Waals surface area contributed by atoms with E-state index in [9.17, 15) is 13.2 Å². The van der Waals surface area contributed by atoms with Gasteiger partial charge in [-0.25, -0.2) is 13.2 Å². The predicted octanol–water partition coefficient (Wildman–Crippen LogP) is 5.86. The number of hydrogen-bond donors (Lipinski definition) is 0. The van der Waals surface area contributed by atoms with E-state index in [4.69, 9.17) is 0 Å². The van der Waals surface area contributed by atoms with Crippen molar-refractivity contribution in [1.29, 1.82) is 0 Å². The fourth-order valence-corrected chi connectivity index (χ4v) is 2.08. The van der Waals surface area contributed by atoms with E-state index in [1.54, 1.807) is 0 Å². The lowest BCUT2D eigenvalue weighted by Crippen LogP contribution is -2.42. The Labute approximate surface area is 110 Å². The van der Waals surface area contributed by atoms with Gasteiger partial charge in [-0.05, 0) is 30.1 Å². The van der Waals surface area contributed by atoms with Crippen molar-refractivity contribution in [1.82, 2.24) is 0 Å². The molecular weight excluding hydrogens is 237 g/mol. The van der Waals surface area contributed by atoms with Gasteiger partial charge in [0.05, 0.1) is 0 Å². The van der Waals surface area contributed by atoms with E-state index < -0.39 is 12.1 Å². The van der Waals surface area contributed by atoms with Gasteiger partial charge in [0, 0.05) is 12.8 Å². The molecule has 2 fully saturated rings. The Morgan fingerprint density at radius 3 is 1.44 bits per heavy atom. The Morgan fingerprint density at radius 2 is 1.39 bits per heavy atom. The topological polar surface area (TPSA) is 0 Å². The Balaban J connectivity index is 0.000000308. The van der Waals surface area contributed by atoms with Crippen LogP contribution >= 0.6 is 0 Å². The third-order valence-corrected chi connectivity index (χ3v) is 3.63. The van der Waals surface area contributed by atoms with Crippen molar-refractivity contribution in [2.24, 2.45) is 17.3 Å². The van der Waals surface area contributed by atoms with Crippen LogP contribution in [0, 0.1) is 17.3 Å². The summed E-state index contributed by atoms with van der Waals surface area (Å²) in [7, 11) is 0. The van der Waals surface area contributed by atoms with Gasteiger partial charge >= 0.3 is 0 Å². The van der Waals surface area contributed by atoms with Gasteiger partial charge in [0.2, 0.25) is 5.92 Å². The SMILES string of the molecule is CC.CC(C)(C)C1CC(F)(F)C1.CC1CC(F)C1. The van der Waals surface area contributed by atoms with Gasteiger partial charge in [0.1, 0.15) is 6.17 Å². The van der Waals surface area contributed by atoms with E-state index in [2.05, 4.69) is 6.92 Å². The highest BCUT2D eigenvalue weighted by Crippen LogP contribution is 2.50. The van der Waals surface area contributed by atoms with Crippen molar-refractivity contribution >= 4 is 0 Å². The van der Waals surface area contributed by atoms with E-state index in [0.717, 1.165) is 12.8 Å². The molecular formula is C15H29F3. The second-order valence-electron chi connectivity index (χ2n) is 6.50. The average Bonchev–Trinajstić information content (AvgIpc) is 2.15. The quantitative estimate of drug-likeness (QED) is 0.515. The zero-order chi connectivity index (χ0) is 14.6. The molecule has 0 amide bonds. The summed E-state index contributed by atoms with van der Waals surface area (Å²) in [5.41, 5.74) is 0.0711. The molecule has 0 radical (unpaired) electrons. The van der Waals surface area contributed by atoms with Crippen molar-refractivity contribution in [2.75, 3.05) is 0 Å². The second-order valence-corrected chi connectivity index (χ2v) is 6.50. The minimum Gasteiger partial charge on any atom is -0.247 e. The van der Waals surface area contributed by atoms with Gasteiger partial charge in [0.25, 0.3) is 0 Å². The first kappa shape index (κ1) is 17.8. The third-order valence-electron chi connectivity index (χ3n) is 3.63. The fraction of sp³-hybridized carbons (Fsp3) is 1.00. The maximum absolute atomic E-state index is 12.3. The average molecular weight is 266 g/mol. The van der Waals surface area contributed by atoms with Crippen LogP contribution in [0.4, 0.5) is 13.2 Å². The molecule has 0 aliphatic heterocycles. The normalized spacial score (nSPS) is 29.8. The van der Waals surface area contributed by atoms with Crippen LogP contribution in [0.2, 0.25) is 0 Å². The minimum absolute atomic E-state index is 0.0711. The highest BCUT2D eigenvalue weighted by molar-refractivity contribution is 4.92. The summed E-state index contributed by atoms with van der Waals surface area (Å²) in [6.45, 7) is 12.1. The smallest absolute Gasteiger partial charge is 0.247 e. The molecule has 2 aliphatic rings. The van der Waals surface area contributed by atoms with E-state index in [0.29, 0.717) is 5.92 Å². The molecule has 3 heteroatoms. The third kappa shape index (κ3) is 6.10. The zero-order valence-corrected chi connectivity index (χ0v) is 12.7. The molecule has 0 N–H and O–H groups in total. The number of hydrogen-bond acceptors (Lipinski definition) is 0. The monoisotopic (exact) mass is 266 g/mol. The van der Waals surface area contributed by atoms with Gasteiger partial charge in [0.15, 0.2) is 0 Å². The number of halogens is 3. The summed E-state index contributed by atoms with van der Waals surface area (Å²) < 4.78 is 36.4. The maximum atomic E-state index is 12.3. The molecule has 0 bridgehead atoms. The highest BCUT2D eigenvalue weighted by atomic mass is 19.3. The maximum Gasteiger partial charge on any atom is 0.248 e. The largest absolute Gasteiger partial charge is 0.248 e. The molecule has 0 nitrogen and oxygen atoms in total. The molecule has 18 heavy (non-hydrogen) atoms. The molecule has 2 rings (SSSR count). The lowest BCUT2D eigenvalue weighted by molar-refractivity contribution is -0.138. The summed E-state index contributed by atoms with van der Waals surface area (Å²) in [5.74, 6) is -1.46. The molecule has 2 saturated carbocycles. The Hall–Kier alpha value is -0.210. The van der Waals surface area contributed by atoms with Crippen LogP contribution in [0.25, 0.3) is 0 Å². The van der Waals surface area contributed by atoms with E-state index in [1.807, 2.05) is 34.6 Å². The standard InChI is InChI=1S/C8H14F2.C5H9F.C2H6/c1-7(2,3)6-4-8(9,10)5-6;1-4-2-5(6)3-4;1-2/h6H,4-5H2,1-3H3;4-5H,2-3H2,1H3;1-2H3. The molecule has 0 spiro atoms. The van der Waals surface area contributed by atoms with Crippen LogP contribution in [-0.2, 0) is 0 Å². The molecule has 0 aromatic heterocycles. The Bertz CT molecular complexity index is 210. The zero-order valence-electron chi connectivity index (χ0n) is 12.7. The van der Waals surface area contributed by atoms with Crippen molar-refractivity contribution < 1.29 is 13.2 Å². The van der Waals surface area contributed by atoms with Crippen LogP contribution in [0.1, 0.15) is 67.2 Å². The predicted molar refractivity (Wildman–Crippen MR) is 71.8 cm³/mol. The first-order valence-corrected chi connectivity index (χ1v) is 7.12. The van der Waals surface area contributed by atoms with Crippen LogP contribution in [0.5, 0.6) is 0 Å². The summed E-state index contributed by atoms with van der Waals surface area (Å²) in [5, 5.41) is 0. The molecule has 0 atom stereocenters. The van der Waals surface area contributed by atoms with Gasteiger partial charge in [-0.2, -0.15) is 0 Å². The van der Waals surface area contributed by atoms with E-state index in [1.165, 1.54) is 0 Å². The van der Waals surface area contributed by atoms with Gasteiger partial charge in [-0.3, -0.25) is 0 Å². The Morgan fingerprint density at radius 1 is 1.00 bits per heavy atom. The van der Waals surface area contributed by atoms with Crippen LogP contribution in [0.3, 0.4) is 0 Å². The number of alkyl halides is 3. The molecule has 0 heterocycles. The van der Waals surface area contributed by atoms with Crippen molar-refractivity contribution in [3.8, 4) is 0 Å². The lowest BCUT2D eigenvalue weighted by Gasteiger charge is -2.43. The molecule has 0 aromatic rings. The van der Waals surface area contributed by atoms with Crippen LogP contribution in [-0.4, -0.2) is 12.1 Å². The first-order valence-electron chi connectivity index (χ1n) is 7.12. The van der Waals surface area contributed by atoms with E-state index >= 15 is 0 Å². The van der Waals surface area contributed by atoms with Crippen molar-refractivity contribution in [3.05, 3.63) is 0 Å². The van der Waals surface area contributed by atoms with Gasteiger partial charge < -0.3 is 0 Å². The summed E-state index contributed by atoms with van der Waals surface area (Å²) in [6.07, 6.45) is 1.34. The second kappa shape index (κ2) is 6.81. The van der Waals surface area contributed by atoms with Crippen LogP contribution < -0.4 is 0 Å². The Kier molecular flexibility index (Phi) is 6.73. The summed E-state index contributed by atoms with van der Waals surface area (Å²) in [4.78, 5) is 0. The number of rotatable bonds is 0. The van der Waals surface area contributed by atoms with Gasteiger partial charge in [-0.1, -0.05) is 41.5 Å². The first-order chi connectivity index (χ1) is 8.10. The molecule has 110 valence electrons. The minimum atomic E-state index is -2.35. The summed E-state index contributed by atoms with van der Waals surface area (Å²) >= 11 is 0. The lowest BCUT2D eigenvalue weighted by atomic mass is 9.66. The highest BCUT2D eigenvalue weighted by Gasteiger charge is 2.49. The van der Waals surface area contributed by atoms with Gasteiger partial charge in [-0.15, -0.1) is 0 Å². The van der Waals surface area contributed by atoms with Crippen LogP contribution in [0.15, 0.2) is 0 Å². The molecule has 0 unspecified atom stereocenters. The molecule has 0 aromatic carbocycles.